The molecule has 1 aromatic rings. The number of aryl methyl sites for hydroxylation is 1. The van der Waals surface area contributed by atoms with Crippen LogP contribution in [0.5, 0.6) is 0 Å². The Kier molecular flexibility index (Phi) is 5.65. The highest BCUT2D eigenvalue weighted by Gasteiger charge is 2.00. The molecule has 0 aliphatic heterocycles. The van der Waals surface area contributed by atoms with E-state index in [0.29, 0.717) is 19.6 Å². The zero-order chi connectivity index (χ0) is 12.7. The molecule has 6 heteroatoms. The standard InChI is InChI=1S/C11H21N5O/c1-15(2)6-3-7-16-11(17)8-10(9-14-16)13-5-4-12/h8-9,13H,3-7,12H2,1-2H3. The van der Waals surface area contributed by atoms with Gasteiger partial charge in [0.15, 0.2) is 0 Å². The van der Waals surface area contributed by atoms with E-state index in [2.05, 4.69) is 15.3 Å². The lowest BCUT2D eigenvalue weighted by molar-refractivity contribution is 0.377. The molecule has 6 nitrogen and oxygen atoms in total. The summed E-state index contributed by atoms with van der Waals surface area (Å²) in [6.07, 6.45) is 2.57. The van der Waals surface area contributed by atoms with E-state index in [4.69, 9.17) is 5.73 Å². The van der Waals surface area contributed by atoms with E-state index in [1.54, 1.807) is 12.3 Å². The van der Waals surface area contributed by atoms with Gasteiger partial charge in [-0.1, -0.05) is 0 Å². The van der Waals surface area contributed by atoms with Crippen molar-refractivity contribution in [3.63, 3.8) is 0 Å². The summed E-state index contributed by atoms with van der Waals surface area (Å²) in [6, 6.07) is 1.55. The van der Waals surface area contributed by atoms with Gasteiger partial charge in [0.05, 0.1) is 11.9 Å². The first kappa shape index (κ1) is 13.7. The Morgan fingerprint density at radius 1 is 1.53 bits per heavy atom. The van der Waals surface area contributed by atoms with Gasteiger partial charge in [-0.2, -0.15) is 5.10 Å². The van der Waals surface area contributed by atoms with Crippen LogP contribution in [0.2, 0.25) is 0 Å². The zero-order valence-electron chi connectivity index (χ0n) is 10.5. The van der Waals surface area contributed by atoms with Crippen LogP contribution in [0.4, 0.5) is 5.69 Å². The first-order chi connectivity index (χ1) is 8.13. The van der Waals surface area contributed by atoms with Crippen LogP contribution in [0, 0.1) is 0 Å². The van der Waals surface area contributed by atoms with Gasteiger partial charge in [-0.05, 0) is 27.1 Å². The molecule has 0 aliphatic rings. The Labute approximate surface area is 101 Å². The van der Waals surface area contributed by atoms with Crippen LogP contribution >= 0.6 is 0 Å². The minimum atomic E-state index is -0.0780. The first-order valence-electron chi connectivity index (χ1n) is 5.79. The van der Waals surface area contributed by atoms with Gasteiger partial charge in [0, 0.05) is 25.7 Å². The topological polar surface area (TPSA) is 76.2 Å². The van der Waals surface area contributed by atoms with Crippen molar-refractivity contribution in [2.75, 3.05) is 39.0 Å². The summed E-state index contributed by atoms with van der Waals surface area (Å²) < 4.78 is 1.48. The van der Waals surface area contributed by atoms with Crippen molar-refractivity contribution in [3.05, 3.63) is 22.6 Å². The lowest BCUT2D eigenvalue weighted by Gasteiger charge is -2.10. The van der Waals surface area contributed by atoms with E-state index >= 15 is 0 Å². The van der Waals surface area contributed by atoms with Gasteiger partial charge in [-0.25, -0.2) is 4.68 Å². The molecule has 0 bridgehead atoms. The highest BCUT2D eigenvalue weighted by molar-refractivity contribution is 5.38. The predicted molar refractivity (Wildman–Crippen MR) is 69.2 cm³/mol. The number of hydrogen-bond donors (Lipinski definition) is 2. The number of anilines is 1. The summed E-state index contributed by atoms with van der Waals surface area (Å²) in [6.45, 7) is 2.77. The minimum absolute atomic E-state index is 0.0780. The molecule has 1 heterocycles. The molecule has 3 N–H and O–H groups in total. The summed E-state index contributed by atoms with van der Waals surface area (Å²) >= 11 is 0. The second-order valence-electron chi connectivity index (χ2n) is 4.18. The SMILES string of the molecule is CN(C)CCCn1ncc(NCCN)cc1=O. The van der Waals surface area contributed by atoms with Crippen LogP contribution in [0.1, 0.15) is 6.42 Å². The fourth-order valence-electron chi connectivity index (χ4n) is 1.45. The summed E-state index contributed by atoms with van der Waals surface area (Å²) in [5, 5.41) is 7.14. The van der Waals surface area contributed by atoms with E-state index in [0.717, 1.165) is 18.7 Å². The van der Waals surface area contributed by atoms with Crippen LogP contribution in [-0.2, 0) is 6.54 Å². The van der Waals surface area contributed by atoms with Gasteiger partial charge < -0.3 is 16.0 Å². The number of aromatic nitrogens is 2. The average Bonchev–Trinajstić information content (AvgIpc) is 2.28. The Balaban J connectivity index is 2.54. The van der Waals surface area contributed by atoms with Crippen LogP contribution in [-0.4, -0.2) is 48.4 Å². The van der Waals surface area contributed by atoms with Gasteiger partial charge >= 0.3 is 0 Å². The van der Waals surface area contributed by atoms with Crippen molar-refractivity contribution in [2.45, 2.75) is 13.0 Å². The van der Waals surface area contributed by atoms with Crippen LogP contribution in [0.25, 0.3) is 0 Å². The van der Waals surface area contributed by atoms with Crippen LogP contribution in [0.15, 0.2) is 17.1 Å². The number of rotatable bonds is 7. The normalized spacial score (nSPS) is 10.8. The van der Waals surface area contributed by atoms with Gasteiger partial charge in [0.1, 0.15) is 0 Å². The zero-order valence-corrected chi connectivity index (χ0v) is 10.5. The van der Waals surface area contributed by atoms with Crippen molar-refractivity contribution in [1.29, 1.82) is 0 Å². The molecule has 0 aliphatic carbocycles. The van der Waals surface area contributed by atoms with E-state index in [1.807, 2.05) is 14.1 Å². The molecule has 0 amide bonds. The third-order valence-corrected chi connectivity index (χ3v) is 2.32. The van der Waals surface area contributed by atoms with E-state index in [1.165, 1.54) is 4.68 Å². The van der Waals surface area contributed by atoms with Gasteiger partial charge in [0.25, 0.3) is 5.56 Å². The molecule has 0 saturated carbocycles. The Bertz CT molecular complexity index is 388. The van der Waals surface area contributed by atoms with Crippen molar-refractivity contribution < 1.29 is 0 Å². The highest BCUT2D eigenvalue weighted by Crippen LogP contribution is 1.98. The molecule has 1 aromatic heterocycles. The number of nitrogens with one attached hydrogen (secondary N) is 1. The van der Waals surface area contributed by atoms with Gasteiger partial charge in [-0.15, -0.1) is 0 Å². The van der Waals surface area contributed by atoms with Crippen LogP contribution in [0.3, 0.4) is 0 Å². The molecule has 1 rings (SSSR count). The van der Waals surface area contributed by atoms with E-state index in [-0.39, 0.29) is 5.56 Å². The summed E-state index contributed by atoms with van der Waals surface area (Å²) in [4.78, 5) is 13.8. The second-order valence-corrected chi connectivity index (χ2v) is 4.18. The predicted octanol–water partition coefficient (Wildman–Crippen LogP) is -0.434. The second kappa shape index (κ2) is 7.03. The molecule has 0 saturated heterocycles. The van der Waals surface area contributed by atoms with Crippen molar-refractivity contribution in [3.8, 4) is 0 Å². The molecule has 96 valence electrons. The maximum absolute atomic E-state index is 11.7. The lowest BCUT2D eigenvalue weighted by atomic mass is 10.4. The summed E-state index contributed by atoms with van der Waals surface area (Å²) in [5.74, 6) is 0. The molecule has 0 fully saturated rings. The maximum atomic E-state index is 11.7. The third-order valence-electron chi connectivity index (χ3n) is 2.32. The van der Waals surface area contributed by atoms with Crippen molar-refractivity contribution in [1.82, 2.24) is 14.7 Å². The Morgan fingerprint density at radius 2 is 2.29 bits per heavy atom. The lowest BCUT2D eigenvalue weighted by Crippen LogP contribution is -2.25. The fourth-order valence-corrected chi connectivity index (χ4v) is 1.45. The van der Waals surface area contributed by atoms with E-state index < -0.39 is 0 Å². The smallest absolute Gasteiger partial charge is 0.268 e. The number of nitrogens with two attached hydrogens (primary N) is 1. The molecular weight excluding hydrogens is 218 g/mol. The molecule has 0 aromatic carbocycles. The Hall–Kier alpha value is -1.40. The molecular formula is C11H21N5O. The highest BCUT2D eigenvalue weighted by atomic mass is 16.1. The average molecular weight is 239 g/mol. The quantitative estimate of drug-likeness (QED) is 0.675. The molecule has 0 unspecified atom stereocenters. The summed E-state index contributed by atoms with van der Waals surface area (Å²) in [5.41, 5.74) is 6.02. The largest absolute Gasteiger partial charge is 0.382 e. The third kappa shape index (κ3) is 4.97. The minimum Gasteiger partial charge on any atom is -0.382 e. The Morgan fingerprint density at radius 3 is 2.88 bits per heavy atom. The van der Waals surface area contributed by atoms with Crippen molar-refractivity contribution in [2.24, 2.45) is 5.73 Å². The molecule has 0 spiro atoms. The van der Waals surface area contributed by atoms with Crippen LogP contribution < -0.4 is 16.6 Å². The summed E-state index contributed by atoms with van der Waals surface area (Å²) in [7, 11) is 4.02. The van der Waals surface area contributed by atoms with Gasteiger partial charge in [-0.3, -0.25) is 4.79 Å². The molecule has 0 radical (unpaired) electrons. The maximum Gasteiger partial charge on any atom is 0.268 e. The van der Waals surface area contributed by atoms with E-state index in [9.17, 15) is 4.79 Å². The number of nitrogens with zero attached hydrogens (tertiary/aromatic N) is 3. The number of hydrogen-bond acceptors (Lipinski definition) is 5. The van der Waals surface area contributed by atoms with Crippen molar-refractivity contribution >= 4 is 5.69 Å². The molecule has 0 atom stereocenters. The monoisotopic (exact) mass is 239 g/mol. The van der Waals surface area contributed by atoms with Gasteiger partial charge in [0.2, 0.25) is 0 Å². The molecule has 17 heavy (non-hydrogen) atoms. The fraction of sp³-hybridized carbons (Fsp3) is 0.636. The first-order valence-corrected chi connectivity index (χ1v) is 5.79.